The fourth-order valence-electron chi connectivity index (χ4n) is 2.08. The molecule has 1 amide bonds. The van der Waals surface area contributed by atoms with Gasteiger partial charge in [0, 0.05) is 0 Å². The largest absolute Gasteiger partial charge is 0.388 e. The van der Waals surface area contributed by atoms with E-state index < -0.39 is 17.6 Å². The predicted molar refractivity (Wildman–Crippen MR) is 91.2 cm³/mol. The molecule has 0 aromatic carbocycles. The van der Waals surface area contributed by atoms with Crippen LogP contribution < -0.4 is 5.48 Å². The Bertz CT molecular complexity index is 334. The highest BCUT2D eigenvalue weighted by Gasteiger charge is 2.25. The highest BCUT2D eigenvalue weighted by atomic mass is 16.7. The quantitative estimate of drug-likeness (QED) is 0.326. The van der Waals surface area contributed by atoms with Gasteiger partial charge in [0.15, 0.2) is 0 Å². The minimum atomic E-state index is -0.843. The normalized spacial score (nSPS) is 14.2. The third-order valence-corrected chi connectivity index (χ3v) is 3.37. The molecule has 0 aliphatic carbocycles. The van der Waals surface area contributed by atoms with Crippen molar-refractivity contribution < 1.29 is 14.7 Å². The van der Waals surface area contributed by atoms with Crippen molar-refractivity contribution in [2.24, 2.45) is 5.92 Å². The van der Waals surface area contributed by atoms with E-state index in [-0.39, 0.29) is 5.91 Å². The summed E-state index contributed by atoms with van der Waals surface area (Å²) < 4.78 is 0. The molecular weight excluding hydrogens is 278 g/mol. The summed E-state index contributed by atoms with van der Waals surface area (Å²) in [6, 6.07) is 0. The standard InChI is InChI=1S/C18H33NO3/c1-6-8-9-10-11-12-13-14-15(16(20)7-2)17(21)19-22-18(3,4)5/h6-7,15-16,20H,1-2,8-14H2,3-5H3,(H,19,21)/t15-,16-/m0/s1. The van der Waals surface area contributed by atoms with Crippen LogP contribution in [0, 0.1) is 5.92 Å². The van der Waals surface area contributed by atoms with E-state index in [1.54, 1.807) is 0 Å². The van der Waals surface area contributed by atoms with Gasteiger partial charge in [-0.3, -0.25) is 9.63 Å². The first kappa shape index (κ1) is 20.9. The average molecular weight is 311 g/mol. The molecule has 4 nitrogen and oxygen atoms in total. The number of aliphatic hydroxyl groups excluding tert-OH is 1. The molecular formula is C18H33NO3. The lowest BCUT2D eigenvalue weighted by Gasteiger charge is -2.24. The number of nitrogens with one attached hydrogen (secondary N) is 1. The lowest BCUT2D eigenvalue weighted by atomic mass is 9.94. The van der Waals surface area contributed by atoms with Crippen molar-refractivity contribution in [2.45, 2.75) is 77.4 Å². The van der Waals surface area contributed by atoms with Crippen LogP contribution in [0.3, 0.4) is 0 Å². The Morgan fingerprint density at radius 1 is 1.18 bits per heavy atom. The van der Waals surface area contributed by atoms with E-state index in [0.717, 1.165) is 25.7 Å². The summed E-state index contributed by atoms with van der Waals surface area (Å²) in [6.45, 7) is 12.8. The smallest absolute Gasteiger partial charge is 0.249 e. The van der Waals surface area contributed by atoms with E-state index in [2.05, 4.69) is 18.6 Å². The van der Waals surface area contributed by atoms with Crippen molar-refractivity contribution in [3.63, 3.8) is 0 Å². The number of rotatable bonds is 12. The van der Waals surface area contributed by atoms with Gasteiger partial charge in [0.25, 0.3) is 0 Å². The number of allylic oxidation sites excluding steroid dienone is 1. The molecule has 0 radical (unpaired) electrons. The number of amides is 1. The zero-order valence-electron chi connectivity index (χ0n) is 14.4. The predicted octanol–water partition coefficient (Wildman–Crippen LogP) is 3.91. The molecule has 0 aromatic rings. The molecule has 0 unspecified atom stereocenters. The SMILES string of the molecule is C=CCCCCCCC[C@H](C(=O)NOC(C)(C)C)[C@@H](O)C=C. The summed E-state index contributed by atoms with van der Waals surface area (Å²) in [5.74, 6) is -0.790. The van der Waals surface area contributed by atoms with E-state index >= 15 is 0 Å². The van der Waals surface area contributed by atoms with Crippen molar-refractivity contribution in [3.05, 3.63) is 25.3 Å². The molecule has 0 rings (SSSR count). The fourth-order valence-corrected chi connectivity index (χ4v) is 2.08. The Morgan fingerprint density at radius 3 is 2.32 bits per heavy atom. The van der Waals surface area contributed by atoms with Gasteiger partial charge in [-0.05, 0) is 40.0 Å². The molecule has 0 spiro atoms. The Hall–Kier alpha value is -1.13. The molecule has 0 aliphatic rings. The first-order chi connectivity index (χ1) is 10.3. The number of hydrogen-bond donors (Lipinski definition) is 2. The van der Waals surface area contributed by atoms with E-state index in [9.17, 15) is 9.90 Å². The van der Waals surface area contributed by atoms with E-state index in [1.807, 2.05) is 26.8 Å². The maximum absolute atomic E-state index is 12.1. The zero-order chi connectivity index (χ0) is 17.0. The van der Waals surface area contributed by atoms with Gasteiger partial charge in [-0.15, -0.1) is 13.2 Å². The molecule has 128 valence electrons. The van der Waals surface area contributed by atoms with Crippen LogP contribution in [0.25, 0.3) is 0 Å². The van der Waals surface area contributed by atoms with Gasteiger partial charge in [-0.1, -0.05) is 37.8 Å². The topological polar surface area (TPSA) is 58.6 Å². The summed E-state index contributed by atoms with van der Waals surface area (Å²) in [5.41, 5.74) is 2.00. The number of hydrogen-bond acceptors (Lipinski definition) is 3. The van der Waals surface area contributed by atoms with Gasteiger partial charge in [-0.25, -0.2) is 5.48 Å². The van der Waals surface area contributed by atoms with Crippen LogP contribution in [0.5, 0.6) is 0 Å². The molecule has 0 aromatic heterocycles. The molecule has 0 heterocycles. The van der Waals surface area contributed by atoms with Gasteiger partial charge >= 0.3 is 0 Å². The van der Waals surface area contributed by atoms with Crippen LogP contribution in [0.4, 0.5) is 0 Å². The molecule has 0 fully saturated rings. The molecule has 2 N–H and O–H groups in total. The van der Waals surface area contributed by atoms with Gasteiger partial charge < -0.3 is 5.11 Å². The number of unbranched alkanes of at least 4 members (excludes halogenated alkanes) is 5. The number of carbonyl (C=O) groups excluding carboxylic acids is 1. The number of carbonyl (C=O) groups is 1. The van der Waals surface area contributed by atoms with Gasteiger partial charge in [0.1, 0.15) is 0 Å². The molecule has 0 saturated heterocycles. The zero-order valence-corrected chi connectivity index (χ0v) is 14.4. The molecule has 0 bridgehead atoms. The Balaban J connectivity index is 4.15. The Kier molecular flexibility index (Phi) is 10.9. The number of aliphatic hydroxyl groups is 1. The molecule has 4 heteroatoms. The van der Waals surface area contributed by atoms with Crippen molar-refractivity contribution in [3.8, 4) is 0 Å². The van der Waals surface area contributed by atoms with Crippen molar-refractivity contribution >= 4 is 5.91 Å². The third kappa shape index (κ3) is 10.6. The van der Waals surface area contributed by atoms with Gasteiger partial charge in [-0.2, -0.15) is 0 Å². The van der Waals surface area contributed by atoms with Crippen LogP contribution in [-0.4, -0.2) is 22.7 Å². The van der Waals surface area contributed by atoms with Crippen molar-refractivity contribution in [1.82, 2.24) is 5.48 Å². The summed E-state index contributed by atoms with van der Waals surface area (Å²) in [5, 5.41) is 9.94. The van der Waals surface area contributed by atoms with Gasteiger partial charge in [0.05, 0.1) is 17.6 Å². The minimum Gasteiger partial charge on any atom is -0.388 e. The Morgan fingerprint density at radius 2 is 1.77 bits per heavy atom. The van der Waals surface area contributed by atoms with Crippen LogP contribution in [-0.2, 0) is 9.63 Å². The molecule has 0 aliphatic heterocycles. The molecule has 22 heavy (non-hydrogen) atoms. The summed E-state index contributed by atoms with van der Waals surface area (Å²) in [7, 11) is 0. The first-order valence-electron chi connectivity index (χ1n) is 8.21. The maximum atomic E-state index is 12.1. The third-order valence-electron chi connectivity index (χ3n) is 3.37. The first-order valence-corrected chi connectivity index (χ1v) is 8.21. The van der Waals surface area contributed by atoms with Crippen LogP contribution >= 0.6 is 0 Å². The van der Waals surface area contributed by atoms with E-state index in [1.165, 1.54) is 18.9 Å². The highest BCUT2D eigenvalue weighted by molar-refractivity contribution is 5.78. The van der Waals surface area contributed by atoms with Crippen molar-refractivity contribution in [2.75, 3.05) is 0 Å². The lowest BCUT2D eigenvalue weighted by molar-refractivity contribution is -0.152. The lowest BCUT2D eigenvalue weighted by Crippen LogP contribution is -2.40. The summed E-state index contributed by atoms with van der Waals surface area (Å²) in [6.07, 6.45) is 9.66. The second kappa shape index (κ2) is 11.4. The minimum absolute atomic E-state index is 0.283. The second-order valence-corrected chi connectivity index (χ2v) is 6.65. The van der Waals surface area contributed by atoms with Crippen LogP contribution in [0.15, 0.2) is 25.3 Å². The number of hydroxylamine groups is 1. The second-order valence-electron chi connectivity index (χ2n) is 6.65. The van der Waals surface area contributed by atoms with E-state index in [4.69, 9.17) is 4.84 Å². The van der Waals surface area contributed by atoms with Crippen molar-refractivity contribution in [1.29, 1.82) is 0 Å². The highest BCUT2D eigenvalue weighted by Crippen LogP contribution is 2.17. The molecule has 2 atom stereocenters. The van der Waals surface area contributed by atoms with Gasteiger partial charge in [0.2, 0.25) is 5.91 Å². The monoisotopic (exact) mass is 311 g/mol. The van der Waals surface area contributed by atoms with Crippen LogP contribution in [0.2, 0.25) is 0 Å². The summed E-state index contributed by atoms with van der Waals surface area (Å²) in [4.78, 5) is 17.4. The average Bonchev–Trinajstić information content (AvgIpc) is 2.46. The fraction of sp³-hybridized carbons (Fsp3) is 0.722. The Labute approximate surface area is 135 Å². The molecule has 0 saturated carbocycles. The van der Waals surface area contributed by atoms with E-state index in [0.29, 0.717) is 6.42 Å². The van der Waals surface area contributed by atoms with Crippen LogP contribution in [0.1, 0.15) is 65.7 Å². The maximum Gasteiger partial charge on any atom is 0.249 e. The summed E-state index contributed by atoms with van der Waals surface area (Å²) >= 11 is 0.